The number of piperidine rings is 1. The number of rotatable bonds is 2. The van der Waals surface area contributed by atoms with E-state index in [0.29, 0.717) is 6.04 Å². The summed E-state index contributed by atoms with van der Waals surface area (Å²) < 4.78 is 2.03. The molecule has 16 heavy (non-hydrogen) atoms. The molecule has 0 amide bonds. The smallest absolute Gasteiger partial charge is 0.163 e. The molecule has 0 aliphatic carbocycles. The highest BCUT2D eigenvalue weighted by Gasteiger charge is 2.22. The molecule has 0 saturated carbocycles. The van der Waals surface area contributed by atoms with Crippen molar-refractivity contribution in [3.8, 4) is 0 Å². The van der Waals surface area contributed by atoms with Crippen molar-refractivity contribution in [1.82, 2.24) is 15.1 Å². The summed E-state index contributed by atoms with van der Waals surface area (Å²) in [7, 11) is 0. The predicted molar refractivity (Wildman–Crippen MR) is 62.8 cm³/mol. The van der Waals surface area contributed by atoms with Gasteiger partial charge in [0, 0.05) is 12.2 Å². The quantitative estimate of drug-likeness (QED) is 0.772. The van der Waals surface area contributed by atoms with Gasteiger partial charge < -0.3 is 5.32 Å². The highest BCUT2D eigenvalue weighted by Crippen LogP contribution is 2.22. The van der Waals surface area contributed by atoms with Crippen molar-refractivity contribution < 1.29 is 4.79 Å². The van der Waals surface area contributed by atoms with E-state index in [9.17, 15) is 4.79 Å². The molecule has 0 aromatic carbocycles. The Balaban J connectivity index is 2.34. The largest absolute Gasteiger partial charge is 0.315 e. The molecule has 0 spiro atoms. The van der Waals surface area contributed by atoms with Crippen LogP contribution < -0.4 is 5.32 Å². The van der Waals surface area contributed by atoms with E-state index in [4.69, 9.17) is 0 Å². The van der Waals surface area contributed by atoms with Crippen molar-refractivity contribution >= 4 is 5.78 Å². The highest BCUT2D eigenvalue weighted by atomic mass is 16.1. The average molecular weight is 221 g/mol. The van der Waals surface area contributed by atoms with Gasteiger partial charge in [-0.3, -0.25) is 9.48 Å². The molecule has 0 radical (unpaired) electrons. The molecule has 88 valence electrons. The van der Waals surface area contributed by atoms with Gasteiger partial charge in [-0.2, -0.15) is 5.10 Å². The number of carbonyl (C=O) groups is 1. The van der Waals surface area contributed by atoms with E-state index in [0.717, 1.165) is 36.5 Å². The third kappa shape index (κ3) is 1.89. The van der Waals surface area contributed by atoms with Crippen molar-refractivity contribution in [3.05, 3.63) is 17.0 Å². The lowest BCUT2D eigenvalue weighted by atomic mass is 10.1. The Hall–Kier alpha value is -1.16. The van der Waals surface area contributed by atoms with Gasteiger partial charge in [-0.15, -0.1) is 0 Å². The van der Waals surface area contributed by atoms with E-state index >= 15 is 0 Å². The molecular weight excluding hydrogens is 202 g/mol. The number of nitrogens with one attached hydrogen (secondary N) is 1. The maximum atomic E-state index is 11.5. The maximum Gasteiger partial charge on any atom is 0.163 e. The standard InChI is InChI=1S/C12H19N3O/c1-8-12(10(3)16)9(2)15(14-8)11-5-4-6-13-7-11/h11,13H,4-7H2,1-3H3. The summed E-state index contributed by atoms with van der Waals surface area (Å²) in [6, 6.07) is 0.403. The lowest BCUT2D eigenvalue weighted by Gasteiger charge is -2.24. The van der Waals surface area contributed by atoms with Crippen LogP contribution in [0.5, 0.6) is 0 Å². The number of Topliss-reactive ketones (excluding diaryl/α,β-unsaturated/α-hetero) is 1. The van der Waals surface area contributed by atoms with Gasteiger partial charge in [-0.05, 0) is 40.2 Å². The van der Waals surface area contributed by atoms with Gasteiger partial charge in [0.1, 0.15) is 0 Å². The number of hydrogen-bond acceptors (Lipinski definition) is 3. The van der Waals surface area contributed by atoms with Crippen molar-refractivity contribution in [2.45, 2.75) is 39.7 Å². The Morgan fingerprint density at radius 2 is 2.25 bits per heavy atom. The number of aryl methyl sites for hydroxylation is 1. The van der Waals surface area contributed by atoms with Crippen molar-refractivity contribution in [2.24, 2.45) is 0 Å². The topological polar surface area (TPSA) is 46.9 Å². The summed E-state index contributed by atoms with van der Waals surface area (Å²) in [6.07, 6.45) is 2.32. The van der Waals surface area contributed by atoms with Gasteiger partial charge in [-0.25, -0.2) is 0 Å². The molecule has 4 heteroatoms. The first-order valence-electron chi connectivity index (χ1n) is 5.88. The molecule has 0 bridgehead atoms. The van der Waals surface area contributed by atoms with Crippen LogP contribution in [0.4, 0.5) is 0 Å². The SMILES string of the molecule is CC(=O)c1c(C)nn(C2CCCNC2)c1C. The van der Waals surface area contributed by atoms with Crippen LogP contribution in [-0.2, 0) is 0 Å². The normalized spacial score (nSPS) is 21.1. The van der Waals surface area contributed by atoms with Gasteiger partial charge in [-0.1, -0.05) is 0 Å². The minimum Gasteiger partial charge on any atom is -0.315 e. The predicted octanol–water partition coefficient (Wildman–Crippen LogP) is 1.63. The van der Waals surface area contributed by atoms with Crippen LogP contribution in [0.25, 0.3) is 0 Å². The molecule has 1 unspecified atom stereocenters. The molecule has 1 aliphatic heterocycles. The number of hydrogen-bond donors (Lipinski definition) is 1. The molecule has 1 N–H and O–H groups in total. The van der Waals surface area contributed by atoms with Crippen molar-refractivity contribution in [1.29, 1.82) is 0 Å². The van der Waals surface area contributed by atoms with Gasteiger partial charge in [0.25, 0.3) is 0 Å². The Kier molecular flexibility index (Phi) is 3.10. The lowest BCUT2D eigenvalue weighted by Crippen LogP contribution is -2.32. The molecule has 1 aromatic heterocycles. The summed E-state index contributed by atoms with van der Waals surface area (Å²) in [6.45, 7) is 7.57. The van der Waals surface area contributed by atoms with Crippen LogP contribution in [0.3, 0.4) is 0 Å². The Bertz CT molecular complexity index is 403. The van der Waals surface area contributed by atoms with Crippen LogP contribution >= 0.6 is 0 Å². The fourth-order valence-corrected chi connectivity index (χ4v) is 2.57. The zero-order chi connectivity index (χ0) is 11.7. The van der Waals surface area contributed by atoms with Gasteiger partial charge in [0.05, 0.1) is 17.3 Å². The lowest BCUT2D eigenvalue weighted by molar-refractivity contribution is 0.101. The molecule has 1 aromatic rings. The van der Waals surface area contributed by atoms with E-state index in [1.54, 1.807) is 6.92 Å². The van der Waals surface area contributed by atoms with Crippen molar-refractivity contribution in [3.63, 3.8) is 0 Å². The molecule has 1 atom stereocenters. The maximum absolute atomic E-state index is 11.5. The molecular formula is C12H19N3O. The summed E-state index contributed by atoms with van der Waals surface area (Å²) in [5.41, 5.74) is 2.67. The van der Waals surface area contributed by atoms with Gasteiger partial charge in [0.2, 0.25) is 0 Å². The fourth-order valence-electron chi connectivity index (χ4n) is 2.57. The van der Waals surface area contributed by atoms with E-state index in [2.05, 4.69) is 10.4 Å². The summed E-state index contributed by atoms with van der Waals surface area (Å²) in [5.74, 6) is 0.116. The highest BCUT2D eigenvalue weighted by molar-refractivity contribution is 5.96. The molecule has 1 saturated heterocycles. The van der Waals surface area contributed by atoms with Crippen LogP contribution in [0.2, 0.25) is 0 Å². The Morgan fingerprint density at radius 1 is 1.50 bits per heavy atom. The Morgan fingerprint density at radius 3 is 2.75 bits per heavy atom. The number of nitrogens with zero attached hydrogens (tertiary/aromatic N) is 2. The summed E-state index contributed by atoms with van der Waals surface area (Å²) in [5, 5.41) is 7.88. The molecule has 1 aliphatic rings. The number of carbonyl (C=O) groups excluding carboxylic acids is 1. The molecule has 1 fully saturated rings. The second-order valence-corrected chi connectivity index (χ2v) is 4.55. The van der Waals surface area contributed by atoms with E-state index in [1.807, 2.05) is 18.5 Å². The summed E-state index contributed by atoms with van der Waals surface area (Å²) >= 11 is 0. The minimum absolute atomic E-state index is 0.116. The van der Waals surface area contributed by atoms with Crippen LogP contribution in [-0.4, -0.2) is 28.7 Å². The third-order valence-corrected chi connectivity index (χ3v) is 3.29. The second kappa shape index (κ2) is 4.37. The Labute approximate surface area is 96.0 Å². The summed E-state index contributed by atoms with van der Waals surface area (Å²) in [4.78, 5) is 11.5. The zero-order valence-electron chi connectivity index (χ0n) is 10.2. The average Bonchev–Trinajstić information content (AvgIpc) is 2.55. The van der Waals surface area contributed by atoms with Crippen LogP contribution in [0.1, 0.15) is 47.6 Å². The first-order valence-corrected chi connectivity index (χ1v) is 5.88. The first-order chi connectivity index (χ1) is 7.61. The van der Waals surface area contributed by atoms with Crippen LogP contribution in [0.15, 0.2) is 0 Å². The molecule has 2 heterocycles. The van der Waals surface area contributed by atoms with E-state index < -0.39 is 0 Å². The number of ketones is 1. The first kappa shape index (κ1) is 11.3. The van der Waals surface area contributed by atoms with E-state index in [-0.39, 0.29) is 5.78 Å². The minimum atomic E-state index is 0.116. The van der Waals surface area contributed by atoms with E-state index in [1.165, 1.54) is 6.42 Å². The van der Waals surface area contributed by atoms with Gasteiger partial charge >= 0.3 is 0 Å². The molecule has 2 rings (SSSR count). The molecule has 4 nitrogen and oxygen atoms in total. The van der Waals surface area contributed by atoms with Crippen LogP contribution in [0, 0.1) is 13.8 Å². The monoisotopic (exact) mass is 221 g/mol. The third-order valence-electron chi connectivity index (χ3n) is 3.29. The van der Waals surface area contributed by atoms with Gasteiger partial charge in [0.15, 0.2) is 5.78 Å². The second-order valence-electron chi connectivity index (χ2n) is 4.55. The number of aromatic nitrogens is 2. The zero-order valence-corrected chi connectivity index (χ0v) is 10.2. The van der Waals surface area contributed by atoms with Crippen molar-refractivity contribution in [2.75, 3.05) is 13.1 Å². The fraction of sp³-hybridized carbons (Fsp3) is 0.667.